The number of carbonyl (C=O) groups excluding carboxylic acids is 2. The summed E-state index contributed by atoms with van der Waals surface area (Å²) >= 11 is 0. The van der Waals surface area contributed by atoms with Crippen LogP contribution in [0.2, 0.25) is 0 Å². The van der Waals surface area contributed by atoms with Gasteiger partial charge in [0.2, 0.25) is 5.71 Å². The summed E-state index contributed by atoms with van der Waals surface area (Å²) in [5.41, 5.74) is 2.13. The van der Waals surface area contributed by atoms with Crippen molar-refractivity contribution in [2.75, 3.05) is 11.9 Å². The zero-order chi connectivity index (χ0) is 17.6. The third-order valence-corrected chi connectivity index (χ3v) is 3.98. The summed E-state index contributed by atoms with van der Waals surface area (Å²) in [6.45, 7) is 2.48. The molecule has 0 bridgehead atoms. The Morgan fingerprint density at radius 1 is 1.28 bits per heavy atom. The van der Waals surface area contributed by atoms with Gasteiger partial charge in [-0.05, 0) is 18.2 Å². The standard InChI is InChI=1S/C19H19N3O3/c1-14(23)22-10-4-8-18(22)19(24)21-16-6-2-7-17(11-16)25-13-15-5-3-9-20-12-15/h2-3,5-7,9,11-12H,4,8,10,13H2,1H3/p+1. The van der Waals surface area contributed by atoms with E-state index in [1.165, 1.54) is 11.5 Å². The van der Waals surface area contributed by atoms with Gasteiger partial charge in [-0.2, -0.15) is 4.58 Å². The zero-order valence-electron chi connectivity index (χ0n) is 14.1. The molecule has 2 amide bonds. The van der Waals surface area contributed by atoms with Gasteiger partial charge in [-0.15, -0.1) is 0 Å². The highest BCUT2D eigenvalue weighted by Gasteiger charge is 2.31. The van der Waals surface area contributed by atoms with Crippen molar-refractivity contribution in [2.45, 2.75) is 26.4 Å². The summed E-state index contributed by atoms with van der Waals surface area (Å²) in [4.78, 5) is 28.1. The number of hydrogen-bond donors (Lipinski definition) is 1. The van der Waals surface area contributed by atoms with Crippen LogP contribution in [0.1, 0.15) is 25.3 Å². The van der Waals surface area contributed by atoms with E-state index in [-0.39, 0.29) is 11.8 Å². The lowest BCUT2D eigenvalue weighted by Gasteiger charge is -2.08. The quantitative estimate of drug-likeness (QED) is 0.850. The van der Waals surface area contributed by atoms with Gasteiger partial charge >= 0.3 is 11.8 Å². The van der Waals surface area contributed by atoms with E-state index in [2.05, 4.69) is 10.3 Å². The van der Waals surface area contributed by atoms with Crippen LogP contribution in [0.4, 0.5) is 5.69 Å². The van der Waals surface area contributed by atoms with E-state index in [1.54, 1.807) is 24.5 Å². The lowest BCUT2D eigenvalue weighted by molar-refractivity contribution is -0.438. The first-order chi connectivity index (χ1) is 12.1. The first kappa shape index (κ1) is 16.8. The largest absolute Gasteiger partial charge is 0.489 e. The predicted octanol–water partition coefficient (Wildman–Crippen LogP) is 2.39. The number of aromatic nitrogens is 1. The van der Waals surface area contributed by atoms with Crippen LogP contribution in [0, 0.1) is 0 Å². The van der Waals surface area contributed by atoms with Crippen molar-refractivity contribution >= 4 is 23.2 Å². The van der Waals surface area contributed by atoms with Crippen LogP contribution < -0.4 is 10.1 Å². The first-order valence-electron chi connectivity index (χ1n) is 8.20. The van der Waals surface area contributed by atoms with Gasteiger partial charge < -0.3 is 10.1 Å². The van der Waals surface area contributed by atoms with Crippen molar-refractivity contribution in [1.82, 2.24) is 4.98 Å². The second-order valence-corrected chi connectivity index (χ2v) is 5.85. The maximum absolute atomic E-state index is 12.4. The van der Waals surface area contributed by atoms with E-state index in [1.807, 2.05) is 24.3 Å². The van der Waals surface area contributed by atoms with Gasteiger partial charge in [0.25, 0.3) is 0 Å². The second kappa shape index (κ2) is 7.70. The molecule has 1 aromatic heterocycles. The number of nitrogens with zero attached hydrogens (tertiary/aromatic N) is 2. The molecule has 0 unspecified atom stereocenters. The number of hydrogen-bond acceptors (Lipinski definition) is 4. The highest BCUT2D eigenvalue weighted by molar-refractivity contribution is 6.41. The molecule has 3 rings (SSSR count). The van der Waals surface area contributed by atoms with Crippen molar-refractivity contribution < 1.29 is 18.9 Å². The molecule has 2 aromatic rings. The Balaban J connectivity index is 1.66. The van der Waals surface area contributed by atoms with Crippen LogP contribution in [0.15, 0.2) is 48.8 Å². The van der Waals surface area contributed by atoms with Crippen LogP contribution in [0.5, 0.6) is 5.75 Å². The molecule has 2 heterocycles. The lowest BCUT2D eigenvalue weighted by atomic mass is 10.2. The van der Waals surface area contributed by atoms with Crippen LogP contribution in [0.3, 0.4) is 0 Å². The Kier molecular flexibility index (Phi) is 5.18. The maximum Gasteiger partial charge on any atom is 0.384 e. The molecule has 0 radical (unpaired) electrons. The zero-order valence-corrected chi connectivity index (χ0v) is 14.1. The molecule has 0 atom stereocenters. The van der Waals surface area contributed by atoms with Gasteiger partial charge in [0.05, 0.1) is 6.92 Å². The molecule has 1 aliphatic rings. The van der Waals surface area contributed by atoms with Crippen molar-refractivity contribution in [3.63, 3.8) is 0 Å². The molecule has 0 saturated carbocycles. The van der Waals surface area contributed by atoms with Gasteiger partial charge in [-0.1, -0.05) is 12.1 Å². The van der Waals surface area contributed by atoms with Crippen LogP contribution >= 0.6 is 0 Å². The minimum absolute atomic E-state index is 0.101. The van der Waals surface area contributed by atoms with Crippen LogP contribution in [0.25, 0.3) is 0 Å². The Hall–Kier alpha value is -3.02. The normalized spacial score (nSPS) is 13.6. The van der Waals surface area contributed by atoms with Gasteiger partial charge in [0, 0.05) is 42.6 Å². The number of amides is 2. The average Bonchev–Trinajstić information content (AvgIpc) is 3.11. The topological polar surface area (TPSA) is 71.3 Å². The number of pyridine rings is 1. The molecular weight excluding hydrogens is 318 g/mol. The molecule has 25 heavy (non-hydrogen) atoms. The number of anilines is 1. The average molecular weight is 338 g/mol. The van der Waals surface area contributed by atoms with Gasteiger partial charge in [0.15, 0.2) is 6.54 Å². The van der Waals surface area contributed by atoms with Crippen LogP contribution in [-0.2, 0) is 16.2 Å². The molecule has 6 heteroatoms. The molecule has 1 N–H and O–H groups in total. The summed E-state index contributed by atoms with van der Waals surface area (Å²) < 4.78 is 7.28. The monoisotopic (exact) mass is 338 g/mol. The predicted molar refractivity (Wildman–Crippen MR) is 93.7 cm³/mol. The molecular formula is C19H20N3O3+. The fraction of sp³-hybridized carbons (Fsp3) is 0.263. The summed E-state index contributed by atoms with van der Waals surface area (Å²) in [6, 6.07) is 11.0. The Bertz CT molecular complexity index is 816. The van der Waals surface area contributed by atoms with Crippen molar-refractivity contribution in [3.05, 3.63) is 54.4 Å². The number of ether oxygens (including phenoxy) is 1. The van der Waals surface area contributed by atoms with E-state index in [0.29, 0.717) is 36.7 Å². The van der Waals surface area contributed by atoms with E-state index in [4.69, 9.17) is 4.74 Å². The number of rotatable bonds is 5. The third kappa shape index (κ3) is 4.29. The summed E-state index contributed by atoms with van der Waals surface area (Å²) in [5.74, 6) is 0.315. The molecule has 1 aliphatic heterocycles. The molecule has 0 spiro atoms. The second-order valence-electron chi connectivity index (χ2n) is 5.85. The molecule has 128 valence electrons. The van der Waals surface area contributed by atoms with Gasteiger partial charge in [0.1, 0.15) is 12.4 Å². The number of carbonyl (C=O) groups is 2. The summed E-state index contributed by atoms with van der Waals surface area (Å²) in [6.07, 6.45) is 4.89. The van der Waals surface area contributed by atoms with Crippen molar-refractivity contribution in [1.29, 1.82) is 0 Å². The number of benzene rings is 1. The SMILES string of the molecule is CC(=O)[N+]1=C(C(=O)Nc2cccc(OCc3cccnc3)c2)CCC1. The lowest BCUT2D eigenvalue weighted by Crippen LogP contribution is -2.30. The first-order valence-corrected chi connectivity index (χ1v) is 8.20. The molecule has 0 saturated heterocycles. The molecule has 0 aliphatic carbocycles. The van der Waals surface area contributed by atoms with E-state index in [0.717, 1.165) is 12.0 Å². The Morgan fingerprint density at radius 3 is 2.92 bits per heavy atom. The Labute approximate surface area is 146 Å². The number of nitrogens with one attached hydrogen (secondary N) is 1. The smallest absolute Gasteiger partial charge is 0.384 e. The minimum atomic E-state index is -0.239. The third-order valence-electron chi connectivity index (χ3n) is 3.98. The summed E-state index contributed by atoms with van der Waals surface area (Å²) in [7, 11) is 0. The van der Waals surface area contributed by atoms with Gasteiger partial charge in [-0.25, -0.2) is 4.79 Å². The minimum Gasteiger partial charge on any atom is -0.489 e. The van der Waals surface area contributed by atoms with Crippen molar-refractivity contribution in [2.24, 2.45) is 0 Å². The highest BCUT2D eigenvalue weighted by atomic mass is 16.5. The molecule has 0 fully saturated rings. The molecule has 1 aromatic carbocycles. The van der Waals surface area contributed by atoms with E-state index < -0.39 is 0 Å². The Morgan fingerprint density at radius 2 is 2.16 bits per heavy atom. The fourth-order valence-corrected chi connectivity index (χ4v) is 2.78. The van der Waals surface area contributed by atoms with Gasteiger partial charge in [-0.3, -0.25) is 9.78 Å². The van der Waals surface area contributed by atoms with E-state index in [9.17, 15) is 9.59 Å². The van der Waals surface area contributed by atoms with Crippen LogP contribution in [-0.4, -0.2) is 33.6 Å². The maximum atomic E-state index is 12.4. The summed E-state index contributed by atoms with van der Waals surface area (Å²) in [5, 5.41) is 2.85. The fourth-order valence-electron chi connectivity index (χ4n) is 2.78. The molecule has 6 nitrogen and oxygen atoms in total. The van der Waals surface area contributed by atoms with E-state index >= 15 is 0 Å². The highest BCUT2D eigenvalue weighted by Crippen LogP contribution is 2.19. The van der Waals surface area contributed by atoms with Crippen molar-refractivity contribution in [3.8, 4) is 5.75 Å².